The molecule has 0 radical (unpaired) electrons. The van der Waals surface area contributed by atoms with Crippen LogP contribution in [0, 0.1) is 24.2 Å². The number of rotatable bonds is 5. The maximum atomic E-state index is 11.5. The van der Waals surface area contributed by atoms with Gasteiger partial charge in [-0.2, -0.15) is 0 Å². The zero-order valence-corrected chi connectivity index (χ0v) is 9.28. The summed E-state index contributed by atoms with van der Waals surface area (Å²) in [4.78, 5) is 22.2. The number of nitrogens with one attached hydrogen (secondary N) is 1. The smallest absolute Gasteiger partial charge is 0.307 e. The van der Waals surface area contributed by atoms with Gasteiger partial charge in [-0.3, -0.25) is 9.59 Å². The Morgan fingerprint density at radius 2 is 1.93 bits per heavy atom. The second-order valence-electron chi connectivity index (χ2n) is 3.55. The van der Waals surface area contributed by atoms with E-state index in [1.807, 2.05) is 6.92 Å². The van der Waals surface area contributed by atoms with Crippen LogP contribution >= 0.6 is 0 Å². The predicted octanol–water partition coefficient (Wildman–Crippen LogP) is 0.871. The highest BCUT2D eigenvalue weighted by Gasteiger charge is 2.26. The Kier molecular flexibility index (Phi) is 5.46. The van der Waals surface area contributed by atoms with Gasteiger partial charge >= 0.3 is 5.97 Å². The molecule has 0 aliphatic rings. The first kappa shape index (κ1) is 13.5. The normalized spacial score (nSPS) is 15.9. The summed E-state index contributed by atoms with van der Waals surface area (Å²) in [6.45, 7) is 4.94. The van der Waals surface area contributed by atoms with E-state index in [1.165, 1.54) is 6.92 Å². The van der Waals surface area contributed by atoms with E-state index in [4.69, 9.17) is 11.5 Å². The summed E-state index contributed by atoms with van der Waals surface area (Å²) in [5, 5.41) is 11.3. The van der Waals surface area contributed by atoms with Gasteiger partial charge < -0.3 is 10.4 Å². The minimum Gasteiger partial charge on any atom is -0.481 e. The van der Waals surface area contributed by atoms with E-state index in [1.54, 1.807) is 6.92 Å². The number of carboxylic acid groups (broad SMARTS) is 1. The van der Waals surface area contributed by atoms with Gasteiger partial charge in [0.25, 0.3) is 0 Å². The highest BCUT2D eigenvalue weighted by Crippen LogP contribution is 2.11. The topological polar surface area (TPSA) is 66.4 Å². The molecule has 3 atom stereocenters. The van der Waals surface area contributed by atoms with Crippen LogP contribution in [0.15, 0.2) is 0 Å². The predicted molar refractivity (Wildman–Crippen MR) is 57.0 cm³/mol. The second kappa shape index (κ2) is 6.07. The lowest BCUT2D eigenvalue weighted by molar-refractivity contribution is -0.146. The summed E-state index contributed by atoms with van der Waals surface area (Å²) in [6, 6.07) is -0.319. The number of hydrogen-bond donors (Lipinski definition) is 2. The summed E-state index contributed by atoms with van der Waals surface area (Å²) >= 11 is 0. The summed E-state index contributed by atoms with van der Waals surface area (Å²) in [5.41, 5.74) is 0. The third-order valence-electron chi connectivity index (χ3n) is 2.48. The van der Waals surface area contributed by atoms with E-state index in [2.05, 4.69) is 11.2 Å². The lowest BCUT2D eigenvalue weighted by Gasteiger charge is -2.18. The van der Waals surface area contributed by atoms with Crippen LogP contribution in [-0.4, -0.2) is 23.0 Å². The van der Waals surface area contributed by atoms with Gasteiger partial charge in [-0.15, -0.1) is 6.42 Å². The van der Waals surface area contributed by atoms with Crippen LogP contribution in [0.1, 0.15) is 27.2 Å². The molecule has 0 rings (SSSR count). The zero-order valence-electron chi connectivity index (χ0n) is 9.28. The number of aliphatic carboxylic acids is 1. The Labute approximate surface area is 90.1 Å². The lowest BCUT2D eigenvalue weighted by Crippen LogP contribution is -2.40. The number of hydrogen-bond acceptors (Lipinski definition) is 2. The van der Waals surface area contributed by atoms with E-state index in [-0.39, 0.29) is 11.9 Å². The average Bonchev–Trinajstić information content (AvgIpc) is 2.23. The van der Waals surface area contributed by atoms with Gasteiger partial charge in [-0.25, -0.2) is 0 Å². The maximum absolute atomic E-state index is 11.5. The quantitative estimate of drug-likeness (QED) is 0.663. The van der Waals surface area contributed by atoms with Gasteiger partial charge in [0.05, 0.1) is 12.0 Å². The van der Waals surface area contributed by atoms with Crippen molar-refractivity contribution in [2.75, 3.05) is 0 Å². The lowest BCUT2D eigenvalue weighted by atomic mass is 9.95. The molecule has 0 aromatic carbocycles. The molecule has 15 heavy (non-hydrogen) atoms. The van der Waals surface area contributed by atoms with Gasteiger partial charge in [0.1, 0.15) is 0 Å². The van der Waals surface area contributed by atoms with Crippen LogP contribution in [0.4, 0.5) is 0 Å². The molecule has 0 saturated heterocycles. The fourth-order valence-corrected chi connectivity index (χ4v) is 1.01. The third-order valence-corrected chi connectivity index (χ3v) is 2.48. The van der Waals surface area contributed by atoms with Crippen LogP contribution in [0.2, 0.25) is 0 Å². The number of carbonyl (C=O) groups is 2. The Hall–Kier alpha value is -1.50. The third kappa shape index (κ3) is 4.03. The van der Waals surface area contributed by atoms with Gasteiger partial charge in [0, 0.05) is 5.92 Å². The first-order valence-electron chi connectivity index (χ1n) is 4.93. The van der Waals surface area contributed by atoms with Crippen molar-refractivity contribution in [1.29, 1.82) is 0 Å². The Balaban J connectivity index is 4.34. The van der Waals surface area contributed by atoms with Crippen molar-refractivity contribution < 1.29 is 14.7 Å². The van der Waals surface area contributed by atoms with Crippen molar-refractivity contribution in [1.82, 2.24) is 5.32 Å². The maximum Gasteiger partial charge on any atom is 0.307 e. The molecule has 1 amide bonds. The SMILES string of the molecule is C#CC(CC)NC(=O)C(C)C(C)C(=O)O. The molecule has 4 nitrogen and oxygen atoms in total. The first-order chi connectivity index (χ1) is 6.93. The van der Waals surface area contributed by atoms with Crippen molar-refractivity contribution in [3.8, 4) is 12.3 Å². The summed E-state index contributed by atoms with van der Waals surface area (Å²) < 4.78 is 0. The van der Waals surface area contributed by atoms with E-state index >= 15 is 0 Å². The van der Waals surface area contributed by atoms with E-state index in [9.17, 15) is 9.59 Å². The van der Waals surface area contributed by atoms with Crippen LogP contribution in [0.5, 0.6) is 0 Å². The van der Waals surface area contributed by atoms with Crippen molar-refractivity contribution in [3.05, 3.63) is 0 Å². The minimum atomic E-state index is -0.980. The molecule has 0 saturated carbocycles. The van der Waals surface area contributed by atoms with Crippen molar-refractivity contribution in [3.63, 3.8) is 0 Å². The molecule has 0 aliphatic heterocycles. The van der Waals surface area contributed by atoms with Crippen molar-refractivity contribution in [2.24, 2.45) is 11.8 Å². The Morgan fingerprint density at radius 3 is 2.27 bits per heavy atom. The number of carbonyl (C=O) groups excluding carboxylic acids is 1. The summed E-state index contributed by atoms with van der Waals surface area (Å²) in [6.07, 6.45) is 5.82. The molecule has 0 heterocycles. The van der Waals surface area contributed by atoms with Crippen LogP contribution in [0.3, 0.4) is 0 Å². The minimum absolute atomic E-state index is 0.310. The average molecular weight is 211 g/mol. The molecule has 0 aromatic rings. The van der Waals surface area contributed by atoms with Gasteiger partial charge in [-0.1, -0.05) is 26.7 Å². The van der Waals surface area contributed by atoms with Gasteiger partial charge in [-0.05, 0) is 6.42 Å². The van der Waals surface area contributed by atoms with Crippen molar-refractivity contribution >= 4 is 11.9 Å². The fourth-order valence-electron chi connectivity index (χ4n) is 1.01. The number of terminal acetylenes is 1. The van der Waals surface area contributed by atoms with E-state index < -0.39 is 17.8 Å². The van der Waals surface area contributed by atoms with Crippen LogP contribution < -0.4 is 5.32 Å². The molecule has 0 fully saturated rings. The van der Waals surface area contributed by atoms with Crippen LogP contribution in [0.25, 0.3) is 0 Å². The Morgan fingerprint density at radius 1 is 1.40 bits per heavy atom. The second-order valence-corrected chi connectivity index (χ2v) is 3.55. The highest BCUT2D eigenvalue weighted by molar-refractivity contribution is 5.84. The molecule has 0 aliphatic carbocycles. The standard InChI is InChI=1S/C11H17NO3/c1-5-9(6-2)12-10(13)7(3)8(4)11(14)15/h1,7-9H,6H2,2-4H3,(H,12,13)(H,14,15). The first-order valence-corrected chi connectivity index (χ1v) is 4.93. The highest BCUT2D eigenvalue weighted by atomic mass is 16.4. The molecule has 0 aromatic heterocycles. The number of carboxylic acids is 1. The summed E-state index contributed by atoms with van der Waals surface area (Å²) in [5.74, 6) is -0.151. The van der Waals surface area contributed by atoms with Crippen molar-refractivity contribution in [2.45, 2.75) is 33.2 Å². The molecule has 0 bridgehead atoms. The van der Waals surface area contributed by atoms with Gasteiger partial charge in [0.15, 0.2) is 0 Å². The molecule has 2 N–H and O–H groups in total. The van der Waals surface area contributed by atoms with Gasteiger partial charge in [0.2, 0.25) is 5.91 Å². The molecular weight excluding hydrogens is 194 g/mol. The summed E-state index contributed by atoms with van der Waals surface area (Å²) in [7, 11) is 0. The van der Waals surface area contributed by atoms with E-state index in [0.29, 0.717) is 6.42 Å². The Bertz CT molecular complexity index is 280. The zero-order chi connectivity index (χ0) is 12.0. The largest absolute Gasteiger partial charge is 0.481 e. The number of amides is 1. The fraction of sp³-hybridized carbons (Fsp3) is 0.636. The van der Waals surface area contributed by atoms with Crippen LogP contribution in [-0.2, 0) is 9.59 Å². The molecular formula is C11H17NO3. The molecule has 3 unspecified atom stereocenters. The molecule has 84 valence electrons. The molecule has 0 spiro atoms. The van der Waals surface area contributed by atoms with E-state index in [0.717, 1.165) is 0 Å². The molecule has 4 heteroatoms. The monoisotopic (exact) mass is 211 g/mol.